The summed E-state index contributed by atoms with van der Waals surface area (Å²) in [6, 6.07) is -2.10. The fourth-order valence-corrected chi connectivity index (χ4v) is 0.763. The number of esters is 1. The van der Waals surface area contributed by atoms with E-state index in [0.29, 0.717) is 0 Å². The summed E-state index contributed by atoms with van der Waals surface area (Å²) in [4.78, 5) is 32.1. The number of hydrogen-bond donors (Lipinski definition) is 1. The van der Waals surface area contributed by atoms with Crippen molar-refractivity contribution in [2.24, 2.45) is 0 Å². The van der Waals surface area contributed by atoms with E-state index in [0.717, 1.165) is 0 Å². The maximum atomic E-state index is 10.9. The van der Waals surface area contributed by atoms with E-state index in [4.69, 9.17) is 0 Å². The van der Waals surface area contributed by atoms with Gasteiger partial charge in [0.2, 0.25) is 0 Å². The fraction of sp³-hybridized carbons (Fsp3) is 0.500. The molecular formula is C6H7N2NaO4. The Hall–Kier alpha value is -0.590. The number of nitrogens with zero attached hydrogens (tertiary/aromatic N) is 1. The molecule has 66 valence electrons. The molecule has 1 heterocycles. The van der Waals surface area contributed by atoms with Crippen LogP contribution in [0.4, 0.5) is 4.79 Å². The van der Waals surface area contributed by atoms with Gasteiger partial charge in [-0.1, -0.05) is 0 Å². The second-order valence-electron chi connectivity index (χ2n) is 2.08. The predicted molar refractivity (Wildman–Crippen MR) is 37.3 cm³/mol. The normalized spacial score (nSPS) is 19.9. The van der Waals surface area contributed by atoms with Crippen molar-refractivity contribution in [3.8, 4) is 0 Å². The van der Waals surface area contributed by atoms with Gasteiger partial charge in [-0.2, -0.15) is 0 Å². The number of carbonyl (C=O) groups excluding carboxylic acids is 3. The summed E-state index contributed by atoms with van der Waals surface area (Å²) in [6.45, 7) is 1.76. The summed E-state index contributed by atoms with van der Waals surface area (Å²) in [5.74, 6) is -1.51. The standard InChI is InChI=1S/C6H8N2O4.Na/c1-2-12-5(10)3-4(9)8-6(11)7-3;/h3H,2H2,1H3,(H2,7,8,9,11);/q;+1/p-1. The molecule has 0 radical (unpaired) electrons. The first-order chi connectivity index (χ1) is 5.65. The maximum Gasteiger partial charge on any atom is 1.00 e. The van der Waals surface area contributed by atoms with Gasteiger partial charge in [-0.05, 0) is 6.92 Å². The van der Waals surface area contributed by atoms with Crippen molar-refractivity contribution in [2.75, 3.05) is 6.61 Å². The maximum absolute atomic E-state index is 10.9. The van der Waals surface area contributed by atoms with E-state index in [-0.39, 0.29) is 36.2 Å². The summed E-state index contributed by atoms with van der Waals surface area (Å²) in [7, 11) is 0. The molecule has 0 aromatic rings. The van der Waals surface area contributed by atoms with Crippen LogP contribution in [0.2, 0.25) is 0 Å². The van der Waals surface area contributed by atoms with Crippen LogP contribution < -0.4 is 34.9 Å². The van der Waals surface area contributed by atoms with Crippen molar-refractivity contribution >= 4 is 17.9 Å². The van der Waals surface area contributed by atoms with E-state index in [2.05, 4.69) is 10.1 Å². The first-order valence-electron chi connectivity index (χ1n) is 3.37. The fourth-order valence-electron chi connectivity index (χ4n) is 0.763. The molecule has 6 nitrogen and oxygen atoms in total. The summed E-state index contributed by atoms with van der Waals surface area (Å²) in [5.41, 5.74) is 0. The number of imide groups is 1. The largest absolute Gasteiger partial charge is 1.00 e. The van der Waals surface area contributed by atoms with Crippen molar-refractivity contribution in [1.82, 2.24) is 5.32 Å². The SMILES string of the molecule is CCOC(=O)C1[N-]C(=O)NC1=O.[Na+]. The number of amides is 3. The number of carbonyl (C=O) groups is 3. The molecule has 1 atom stereocenters. The monoisotopic (exact) mass is 194 g/mol. The average Bonchev–Trinajstić information content (AvgIpc) is 2.30. The zero-order valence-electron chi connectivity index (χ0n) is 7.36. The second kappa shape index (κ2) is 5.21. The van der Waals surface area contributed by atoms with E-state index in [1.165, 1.54) is 0 Å². The Labute approximate surface area is 96.7 Å². The zero-order valence-corrected chi connectivity index (χ0v) is 9.36. The van der Waals surface area contributed by atoms with Crippen LogP contribution in [-0.2, 0) is 14.3 Å². The van der Waals surface area contributed by atoms with Crippen LogP contribution in [0, 0.1) is 0 Å². The molecule has 1 aliphatic rings. The quantitative estimate of drug-likeness (QED) is 0.214. The van der Waals surface area contributed by atoms with Crippen LogP contribution in [0.15, 0.2) is 0 Å². The minimum absolute atomic E-state index is 0. The topological polar surface area (TPSA) is 86.6 Å². The van der Waals surface area contributed by atoms with Gasteiger partial charge in [0.1, 0.15) is 6.04 Å². The van der Waals surface area contributed by atoms with Gasteiger partial charge in [0.25, 0.3) is 0 Å². The summed E-state index contributed by atoms with van der Waals surface area (Å²) >= 11 is 0. The van der Waals surface area contributed by atoms with E-state index in [1.54, 1.807) is 6.92 Å². The van der Waals surface area contributed by atoms with Crippen molar-refractivity contribution in [1.29, 1.82) is 0 Å². The molecule has 0 saturated carbocycles. The minimum Gasteiger partial charge on any atom is -0.466 e. The van der Waals surface area contributed by atoms with Gasteiger partial charge >= 0.3 is 35.5 Å². The van der Waals surface area contributed by atoms with Gasteiger partial charge in [0.05, 0.1) is 6.61 Å². The summed E-state index contributed by atoms with van der Waals surface area (Å²) < 4.78 is 4.50. The van der Waals surface area contributed by atoms with E-state index < -0.39 is 23.9 Å². The third kappa shape index (κ3) is 2.98. The van der Waals surface area contributed by atoms with Crippen LogP contribution in [0.1, 0.15) is 6.92 Å². The Morgan fingerprint density at radius 3 is 2.62 bits per heavy atom. The number of nitrogens with one attached hydrogen (secondary N) is 1. The molecule has 0 bridgehead atoms. The van der Waals surface area contributed by atoms with Crippen molar-refractivity contribution in [3.63, 3.8) is 0 Å². The van der Waals surface area contributed by atoms with Crippen LogP contribution in [0.3, 0.4) is 0 Å². The molecule has 1 unspecified atom stereocenters. The third-order valence-electron chi connectivity index (χ3n) is 1.23. The zero-order chi connectivity index (χ0) is 9.14. The van der Waals surface area contributed by atoms with Crippen LogP contribution in [0.5, 0.6) is 0 Å². The Morgan fingerprint density at radius 2 is 2.23 bits per heavy atom. The molecule has 13 heavy (non-hydrogen) atoms. The molecule has 0 spiro atoms. The van der Waals surface area contributed by atoms with Crippen molar-refractivity contribution in [2.45, 2.75) is 13.0 Å². The van der Waals surface area contributed by atoms with E-state index in [9.17, 15) is 14.4 Å². The third-order valence-corrected chi connectivity index (χ3v) is 1.23. The predicted octanol–water partition coefficient (Wildman–Crippen LogP) is -3.45. The van der Waals surface area contributed by atoms with Crippen LogP contribution >= 0.6 is 0 Å². The Kier molecular flexibility index (Phi) is 4.97. The van der Waals surface area contributed by atoms with Crippen molar-refractivity contribution in [3.05, 3.63) is 5.32 Å². The number of hydrogen-bond acceptors (Lipinski definition) is 4. The van der Waals surface area contributed by atoms with Crippen LogP contribution in [0.25, 0.3) is 5.32 Å². The molecule has 0 aromatic heterocycles. The molecule has 1 N–H and O–H groups in total. The smallest absolute Gasteiger partial charge is 0.466 e. The molecule has 1 saturated heterocycles. The van der Waals surface area contributed by atoms with Gasteiger partial charge in [-0.3, -0.25) is 14.4 Å². The summed E-state index contributed by atoms with van der Waals surface area (Å²) in [5, 5.41) is 5.07. The van der Waals surface area contributed by atoms with Crippen LogP contribution in [-0.4, -0.2) is 30.6 Å². The van der Waals surface area contributed by atoms with Gasteiger partial charge < -0.3 is 15.4 Å². The second-order valence-corrected chi connectivity index (χ2v) is 2.08. The Morgan fingerprint density at radius 1 is 1.62 bits per heavy atom. The Balaban J connectivity index is 0.00000144. The average molecular weight is 194 g/mol. The van der Waals surface area contributed by atoms with Gasteiger partial charge in [-0.15, -0.1) is 0 Å². The van der Waals surface area contributed by atoms with E-state index >= 15 is 0 Å². The minimum atomic E-state index is -1.31. The number of ether oxygens (including phenoxy) is 1. The van der Waals surface area contributed by atoms with Gasteiger partial charge in [-0.25, -0.2) is 0 Å². The molecule has 1 fully saturated rings. The number of urea groups is 1. The number of rotatable bonds is 2. The molecule has 1 rings (SSSR count). The molecule has 0 aromatic carbocycles. The first-order valence-corrected chi connectivity index (χ1v) is 3.37. The molecule has 3 amide bonds. The van der Waals surface area contributed by atoms with Gasteiger partial charge in [0, 0.05) is 0 Å². The summed E-state index contributed by atoms with van der Waals surface area (Å²) in [6.07, 6.45) is 0. The molecule has 0 aliphatic carbocycles. The van der Waals surface area contributed by atoms with Crippen molar-refractivity contribution < 1.29 is 48.7 Å². The van der Waals surface area contributed by atoms with Gasteiger partial charge in [0.15, 0.2) is 11.9 Å². The molecule has 7 heteroatoms. The molecule has 1 aliphatic heterocycles. The molecular weight excluding hydrogens is 187 g/mol. The first kappa shape index (κ1) is 12.4. The Bertz CT molecular complexity index is 243. The van der Waals surface area contributed by atoms with E-state index in [1.807, 2.05) is 5.32 Å².